The summed E-state index contributed by atoms with van der Waals surface area (Å²) in [7, 11) is 1.61. The smallest absolute Gasteiger partial charge is 0.197 e. The molecular formula is C26H41NO8. The molecule has 0 saturated carbocycles. The normalized spacial score (nSPS) is 38.7. The molecular weight excluding hydrogens is 454 g/mol. The van der Waals surface area contributed by atoms with Gasteiger partial charge >= 0.3 is 0 Å². The van der Waals surface area contributed by atoms with E-state index >= 15 is 0 Å². The second kappa shape index (κ2) is 10.6. The molecule has 3 saturated heterocycles. The standard InChI is InChI=1S/C26H41NO8/c1-7-16-12-18(29)14(2)22(30)21(26(16,4)5)19(8-10-28)34-20-13-17-23(15(3)33-20)35-24-25(31-6)32-11-9-27(17)24/h15-17,19-20,23-25,28,30H,2,7-13H2,1,3-6H3/t15-,16-,17-,19-,20-,23+,24+,25-/m0/s1. The summed E-state index contributed by atoms with van der Waals surface area (Å²) in [6, 6.07) is 0.0646. The molecule has 0 aromatic carbocycles. The summed E-state index contributed by atoms with van der Waals surface area (Å²) >= 11 is 0. The van der Waals surface area contributed by atoms with Crippen LogP contribution < -0.4 is 0 Å². The average Bonchev–Trinajstić information content (AvgIpc) is 3.18. The van der Waals surface area contributed by atoms with E-state index in [0.717, 1.165) is 13.0 Å². The van der Waals surface area contributed by atoms with Crippen molar-refractivity contribution in [2.24, 2.45) is 11.3 Å². The lowest BCUT2D eigenvalue weighted by Crippen LogP contribution is -2.55. The second-order valence-electron chi connectivity index (χ2n) is 10.6. The molecule has 0 radical (unpaired) electrons. The number of Topliss-reactive ketones (excluding diaryl/α,β-unsaturated/α-hetero) is 1. The Labute approximate surface area is 208 Å². The van der Waals surface area contributed by atoms with E-state index in [9.17, 15) is 15.0 Å². The third-order valence-electron chi connectivity index (χ3n) is 8.33. The van der Waals surface area contributed by atoms with Gasteiger partial charge in [-0.1, -0.05) is 33.8 Å². The first-order valence-electron chi connectivity index (χ1n) is 12.8. The molecule has 9 nitrogen and oxygen atoms in total. The van der Waals surface area contributed by atoms with E-state index in [1.807, 2.05) is 27.7 Å². The zero-order valence-electron chi connectivity index (χ0n) is 21.6. The van der Waals surface area contributed by atoms with Gasteiger partial charge < -0.3 is 33.9 Å². The highest BCUT2D eigenvalue weighted by Crippen LogP contribution is 2.47. The molecule has 2 N–H and O–H groups in total. The summed E-state index contributed by atoms with van der Waals surface area (Å²) < 4.78 is 30.2. The van der Waals surface area contributed by atoms with Gasteiger partial charge in [-0.15, -0.1) is 0 Å². The van der Waals surface area contributed by atoms with Crippen molar-refractivity contribution in [1.82, 2.24) is 4.90 Å². The van der Waals surface area contributed by atoms with Crippen LogP contribution in [0.5, 0.6) is 0 Å². The topological polar surface area (TPSA) is 107 Å². The zero-order chi connectivity index (χ0) is 25.5. The molecule has 3 fully saturated rings. The van der Waals surface area contributed by atoms with Gasteiger partial charge in [-0.3, -0.25) is 9.69 Å². The van der Waals surface area contributed by atoms with E-state index < -0.39 is 24.1 Å². The molecule has 3 heterocycles. The average molecular weight is 496 g/mol. The largest absolute Gasteiger partial charge is 0.507 e. The van der Waals surface area contributed by atoms with Crippen LogP contribution in [0.4, 0.5) is 0 Å². The number of nitrogens with zero attached hydrogens (tertiary/aromatic N) is 1. The van der Waals surface area contributed by atoms with Crippen molar-refractivity contribution in [2.75, 3.05) is 26.9 Å². The maximum atomic E-state index is 12.7. The number of carbonyl (C=O) groups excluding carboxylic acids is 1. The Hall–Kier alpha value is -1.33. The molecule has 0 amide bonds. The van der Waals surface area contributed by atoms with Gasteiger partial charge in [-0.05, 0) is 18.3 Å². The van der Waals surface area contributed by atoms with Crippen LogP contribution in [0.15, 0.2) is 23.5 Å². The molecule has 0 aromatic rings. The van der Waals surface area contributed by atoms with Crippen LogP contribution in [0.3, 0.4) is 0 Å². The van der Waals surface area contributed by atoms with Gasteiger partial charge in [-0.2, -0.15) is 0 Å². The number of rotatable bonds is 7. The molecule has 198 valence electrons. The lowest BCUT2D eigenvalue weighted by molar-refractivity contribution is -0.252. The van der Waals surface area contributed by atoms with Crippen molar-refractivity contribution in [3.63, 3.8) is 0 Å². The van der Waals surface area contributed by atoms with Crippen molar-refractivity contribution < 1.29 is 38.7 Å². The molecule has 9 heteroatoms. The van der Waals surface area contributed by atoms with E-state index in [0.29, 0.717) is 25.0 Å². The summed E-state index contributed by atoms with van der Waals surface area (Å²) in [6.07, 6.45) is -0.403. The Morgan fingerprint density at radius 3 is 2.71 bits per heavy atom. The van der Waals surface area contributed by atoms with E-state index in [1.54, 1.807) is 7.11 Å². The summed E-state index contributed by atoms with van der Waals surface area (Å²) in [4.78, 5) is 15.0. The number of allylic oxidation sites excluding steroid dienone is 1. The highest BCUT2D eigenvalue weighted by Gasteiger charge is 2.54. The van der Waals surface area contributed by atoms with Crippen molar-refractivity contribution in [3.05, 3.63) is 23.5 Å². The van der Waals surface area contributed by atoms with Crippen molar-refractivity contribution >= 4 is 5.78 Å². The van der Waals surface area contributed by atoms with Gasteiger partial charge in [0.25, 0.3) is 0 Å². The second-order valence-corrected chi connectivity index (χ2v) is 10.6. The Kier molecular flexibility index (Phi) is 8.07. The molecule has 0 aromatic heterocycles. The Morgan fingerprint density at radius 1 is 1.31 bits per heavy atom. The third kappa shape index (κ3) is 4.84. The molecule has 4 rings (SSSR count). The number of fused-ring (bicyclic) bond motifs is 3. The summed E-state index contributed by atoms with van der Waals surface area (Å²) in [5.41, 5.74) is 0.187. The first-order valence-corrected chi connectivity index (χ1v) is 12.8. The van der Waals surface area contributed by atoms with Crippen molar-refractivity contribution in [2.45, 2.75) is 96.5 Å². The van der Waals surface area contributed by atoms with Crippen LogP contribution >= 0.6 is 0 Å². The van der Waals surface area contributed by atoms with Crippen LogP contribution in [0.1, 0.15) is 53.4 Å². The van der Waals surface area contributed by atoms with Gasteiger partial charge in [-0.25, -0.2) is 0 Å². The lowest BCUT2D eigenvalue weighted by Gasteiger charge is -2.43. The molecule has 8 atom stereocenters. The Balaban J connectivity index is 1.60. The fourth-order valence-corrected chi connectivity index (χ4v) is 6.34. The number of carbonyl (C=O) groups is 1. The minimum Gasteiger partial charge on any atom is -0.507 e. The maximum absolute atomic E-state index is 12.7. The van der Waals surface area contributed by atoms with Crippen LogP contribution in [-0.4, -0.2) is 90.9 Å². The SMILES string of the molecule is C=C1C(=O)C[C@H](CC)C(C)(C)C([C@H](CCO)O[C@H]2C[C@H]3[C@H](O[C@@H]4[C@@H](OC)OCCN43)[C@H](C)O2)=C1O. The fourth-order valence-electron chi connectivity index (χ4n) is 6.34. The lowest BCUT2D eigenvalue weighted by atomic mass is 9.69. The highest BCUT2D eigenvalue weighted by molar-refractivity contribution is 5.99. The number of morpholine rings is 1. The van der Waals surface area contributed by atoms with E-state index in [2.05, 4.69) is 11.5 Å². The van der Waals surface area contributed by atoms with Crippen molar-refractivity contribution in [1.29, 1.82) is 0 Å². The summed E-state index contributed by atoms with van der Waals surface area (Å²) in [6.45, 7) is 13.1. The fraction of sp³-hybridized carbons (Fsp3) is 0.808. The minimum absolute atomic E-state index is 0.00934. The van der Waals surface area contributed by atoms with E-state index in [1.165, 1.54) is 0 Å². The predicted octanol–water partition coefficient (Wildman–Crippen LogP) is 2.68. The number of aliphatic hydroxyl groups excluding tert-OH is 2. The molecule has 3 aliphatic heterocycles. The monoisotopic (exact) mass is 495 g/mol. The van der Waals surface area contributed by atoms with E-state index in [4.69, 9.17) is 23.7 Å². The quantitative estimate of drug-likeness (QED) is 0.516. The van der Waals surface area contributed by atoms with Gasteiger partial charge in [0, 0.05) is 51.1 Å². The Morgan fingerprint density at radius 2 is 2.06 bits per heavy atom. The number of ketones is 1. The van der Waals surface area contributed by atoms with Crippen LogP contribution in [-0.2, 0) is 28.5 Å². The first-order chi connectivity index (χ1) is 16.6. The maximum Gasteiger partial charge on any atom is 0.197 e. The van der Waals surface area contributed by atoms with Crippen LogP contribution in [0.2, 0.25) is 0 Å². The zero-order valence-corrected chi connectivity index (χ0v) is 21.6. The number of methoxy groups -OCH3 is 1. The van der Waals surface area contributed by atoms with Gasteiger partial charge in [0.05, 0.1) is 24.4 Å². The number of aliphatic hydroxyl groups is 2. The Bertz CT molecular complexity index is 841. The molecule has 0 bridgehead atoms. The minimum atomic E-state index is -0.630. The molecule has 1 aliphatic carbocycles. The first kappa shape index (κ1) is 26.7. The number of ether oxygens (including phenoxy) is 5. The summed E-state index contributed by atoms with van der Waals surface area (Å²) in [5.74, 6) is -0.258. The van der Waals surface area contributed by atoms with Gasteiger partial charge in [0.15, 0.2) is 24.6 Å². The van der Waals surface area contributed by atoms with Gasteiger partial charge in [0.2, 0.25) is 0 Å². The predicted molar refractivity (Wildman–Crippen MR) is 127 cm³/mol. The van der Waals surface area contributed by atoms with Crippen molar-refractivity contribution in [3.8, 4) is 0 Å². The summed E-state index contributed by atoms with van der Waals surface area (Å²) in [5, 5.41) is 21.1. The molecule has 35 heavy (non-hydrogen) atoms. The van der Waals surface area contributed by atoms with Crippen LogP contribution in [0.25, 0.3) is 0 Å². The number of hydrogen-bond donors (Lipinski definition) is 2. The highest BCUT2D eigenvalue weighted by atomic mass is 16.7. The van der Waals surface area contributed by atoms with E-state index in [-0.39, 0.29) is 60.5 Å². The third-order valence-corrected chi connectivity index (χ3v) is 8.33. The molecule has 0 spiro atoms. The van der Waals surface area contributed by atoms with Gasteiger partial charge in [0.1, 0.15) is 11.9 Å². The molecule has 4 aliphatic rings. The molecule has 0 unspecified atom stereocenters. The number of hydrogen-bond acceptors (Lipinski definition) is 9. The van der Waals surface area contributed by atoms with Crippen LogP contribution in [0, 0.1) is 11.3 Å².